The number of nitrogens with zero attached hydrogens (tertiary/aromatic N) is 2. The van der Waals surface area contributed by atoms with Gasteiger partial charge in [0.1, 0.15) is 5.82 Å². The molecule has 0 aliphatic heterocycles. The van der Waals surface area contributed by atoms with Crippen molar-refractivity contribution in [3.05, 3.63) is 18.2 Å². The van der Waals surface area contributed by atoms with E-state index in [4.69, 9.17) is 5.84 Å². The Balaban J connectivity index is 2.82. The van der Waals surface area contributed by atoms with Gasteiger partial charge in [0.25, 0.3) is 0 Å². The minimum atomic E-state index is 0.458. The lowest BCUT2D eigenvalue weighted by molar-refractivity contribution is 0.656. The summed E-state index contributed by atoms with van der Waals surface area (Å²) in [7, 11) is 0. The highest BCUT2D eigenvalue weighted by atomic mass is 15.3. The maximum atomic E-state index is 5.57. The van der Waals surface area contributed by atoms with Crippen LogP contribution in [0.15, 0.2) is 12.4 Å². The summed E-state index contributed by atoms with van der Waals surface area (Å²) in [6.45, 7) is 4.24. The van der Waals surface area contributed by atoms with Crippen molar-refractivity contribution in [2.75, 3.05) is 5.84 Å². The Labute approximate surface area is 60.8 Å². The molecule has 0 fully saturated rings. The van der Waals surface area contributed by atoms with E-state index in [-0.39, 0.29) is 0 Å². The van der Waals surface area contributed by atoms with E-state index in [9.17, 15) is 0 Å². The molecular weight excluding hydrogens is 126 g/mol. The fourth-order valence-corrected chi connectivity index (χ4v) is 0.889. The van der Waals surface area contributed by atoms with Gasteiger partial charge in [0.05, 0.1) is 0 Å². The quantitative estimate of drug-likeness (QED) is 0.624. The van der Waals surface area contributed by atoms with Gasteiger partial charge in [-0.15, -0.1) is 0 Å². The molecular formula is C7H13N3. The van der Waals surface area contributed by atoms with Gasteiger partial charge in [-0.3, -0.25) is 4.68 Å². The van der Waals surface area contributed by atoms with Crippen LogP contribution in [-0.2, 0) is 0 Å². The molecule has 1 aromatic rings. The van der Waals surface area contributed by atoms with E-state index in [2.05, 4.69) is 18.8 Å². The molecule has 0 aliphatic rings. The van der Waals surface area contributed by atoms with Crippen molar-refractivity contribution in [1.82, 2.24) is 9.66 Å². The number of nitrogen functional groups attached to an aromatic ring is 1. The second kappa shape index (κ2) is 2.73. The number of nitrogens with two attached hydrogens (primary N) is 1. The maximum Gasteiger partial charge on any atom is 0.129 e. The summed E-state index contributed by atoms with van der Waals surface area (Å²) in [6, 6.07) is 0. The minimum Gasteiger partial charge on any atom is -0.338 e. The molecule has 56 valence electrons. The van der Waals surface area contributed by atoms with Crippen molar-refractivity contribution in [2.45, 2.75) is 26.2 Å². The molecule has 0 saturated carbocycles. The van der Waals surface area contributed by atoms with Crippen LogP contribution in [0, 0.1) is 0 Å². The lowest BCUT2D eigenvalue weighted by atomic mass is 10.1. The first-order valence-electron chi connectivity index (χ1n) is 3.54. The number of rotatable bonds is 2. The Kier molecular flexibility index (Phi) is 1.94. The molecule has 2 N–H and O–H groups in total. The van der Waals surface area contributed by atoms with Crippen LogP contribution in [0.5, 0.6) is 0 Å². The van der Waals surface area contributed by atoms with Gasteiger partial charge < -0.3 is 5.84 Å². The highest BCUT2D eigenvalue weighted by Gasteiger charge is 2.06. The Hall–Kier alpha value is -0.990. The average Bonchev–Trinajstić information content (AvgIpc) is 2.34. The SMILES string of the molecule is CCC(C)c1nccn1N. The largest absolute Gasteiger partial charge is 0.338 e. The molecule has 0 bridgehead atoms. The van der Waals surface area contributed by atoms with Gasteiger partial charge in [-0.05, 0) is 6.42 Å². The molecule has 1 aromatic heterocycles. The lowest BCUT2D eigenvalue weighted by Gasteiger charge is -2.06. The molecule has 0 amide bonds. The van der Waals surface area contributed by atoms with Crippen molar-refractivity contribution >= 4 is 0 Å². The summed E-state index contributed by atoms with van der Waals surface area (Å²) in [5, 5.41) is 0. The molecule has 0 spiro atoms. The van der Waals surface area contributed by atoms with E-state index >= 15 is 0 Å². The van der Waals surface area contributed by atoms with Gasteiger partial charge in [-0.1, -0.05) is 13.8 Å². The number of imidazole rings is 1. The minimum absolute atomic E-state index is 0.458. The molecule has 3 nitrogen and oxygen atoms in total. The second-order valence-corrected chi connectivity index (χ2v) is 2.50. The Bertz CT molecular complexity index is 204. The zero-order valence-corrected chi connectivity index (χ0v) is 6.41. The Morgan fingerprint density at radius 1 is 1.80 bits per heavy atom. The summed E-state index contributed by atoms with van der Waals surface area (Å²) in [5.41, 5.74) is 0. The monoisotopic (exact) mass is 139 g/mol. The fourth-order valence-electron chi connectivity index (χ4n) is 0.889. The van der Waals surface area contributed by atoms with Gasteiger partial charge in [-0.2, -0.15) is 0 Å². The zero-order chi connectivity index (χ0) is 7.56. The predicted octanol–water partition coefficient (Wildman–Crippen LogP) is 1.11. The third kappa shape index (κ3) is 1.12. The van der Waals surface area contributed by atoms with E-state index in [1.165, 1.54) is 0 Å². The van der Waals surface area contributed by atoms with Crippen LogP contribution < -0.4 is 5.84 Å². The Morgan fingerprint density at radius 2 is 2.50 bits per heavy atom. The van der Waals surface area contributed by atoms with Gasteiger partial charge >= 0.3 is 0 Å². The first kappa shape index (κ1) is 7.12. The van der Waals surface area contributed by atoms with Crippen molar-refractivity contribution < 1.29 is 0 Å². The Morgan fingerprint density at radius 3 is 2.90 bits per heavy atom. The van der Waals surface area contributed by atoms with Crippen molar-refractivity contribution in [1.29, 1.82) is 0 Å². The molecule has 1 unspecified atom stereocenters. The number of hydrogen-bond donors (Lipinski definition) is 1. The third-order valence-corrected chi connectivity index (χ3v) is 1.75. The summed E-state index contributed by atoms with van der Waals surface area (Å²) >= 11 is 0. The van der Waals surface area contributed by atoms with Crippen LogP contribution in [-0.4, -0.2) is 9.66 Å². The molecule has 1 rings (SSSR count). The first-order valence-corrected chi connectivity index (χ1v) is 3.54. The summed E-state index contributed by atoms with van der Waals surface area (Å²) in [4.78, 5) is 4.12. The summed E-state index contributed by atoms with van der Waals surface area (Å²) in [5.74, 6) is 6.99. The molecule has 1 heterocycles. The van der Waals surface area contributed by atoms with Gasteiger partial charge in [0, 0.05) is 18.3 Å². The molecule has 0 aliphatic carbocycles. The molecule has 1 atom stereocenters. The van der Waals surface area contributed by atoms with Crippen molar-refractivity contribution in [2.24, 2.45) is 0 Å². The molecule has 3 heteroatoms. The normalized spacial score (nSPS) is 13.4. The van der Waals surface area contributed by atoms with E-state index in [0.29, 0.717) is 5.92 Å². The van der Waals surface area contributed by atoms with Crippen LogP contribution in [0.1, 0.15) is 32.0 Å². The van der Waals surface area contributed by atoms with Crippen LogP contribution in [0.4, 0.5) is 0 Å². The average molecular weight is 139 g/mol. The first-order chi connectivity index (χ1) is 4.75. The van der Waals surface area contributed by atoms with E-state index in [0.717, 1.165) is 12.2 Å². The van der Waals surface area contributed by atoms with Crippen LogP contribution in [0.3, 0.4) is 0 Å². The van der Waals surface area contributed by atoms with Crippen LogP contribution in [0.2, 0.25) is 0 Å². The predicted molar refractivity (Wildman–Crippen MR) is 41.1 cm³/mol. The number of aromatic nitrogens is 2. The van der Waals surface area contributed by atoms with Crippen LogP contribution in [0.25, 0.3) is 0 Å². The molecule has 10 heavy (non-hydrogen) atoms. The van der Waals surface area contributed by atoms with Gasteiger partial charge in [0.15, 0.2) is 0 Å². The third-order valence-electron chi connectivity index (χ3n) is 1.75. The topological polar surface area (TPSA) is 43.8 Å². The highest BCUT2D eigenvalue weighted by molar-refractivity contribution is 4.97. The van der Waals surface area contributed by atoms with Crippen molar-refractivity contribution in [3.63, 3.8) is 0 Å². The van der Waals surface area contributed by atoms with Gasteiger partial charge in [-0.25, -0.2) is 4.98 Å². The van der Waals surface area contributed by atoms with E-state index < -0.39 is 0 Å². The number of hydrogen-bond acceptors (Lipinski definition) is 2. The molecule has 0 aromatic carbocycles. The maximum absolute atomic E-state index is 5.57. The standard InChI is InChI=1S/C7H13N3/c1-3-6(2)7-9-4-5-10(7)8/h4-6H,3,8H2,1-2H3. The van der Waals surface area contributed by atoms with Gasteiger partial charge in [0.2, 0.25) is 0 Å². The van der Waals surface area contributed by atoms with Crippen LogP contribution >= 0.6 is 0 Å². The van der Waals surface area contributed by atoms with E-state index in [1.807, 2.05) is 0 Å². The summed E-state index contributed by atoms with van der Waals surface area (Å²) in [6.07, 6.45) is 4.57. The highest BCUT2D eigenvalue weighted by Crippen LogP contribution is 2.13. The zero-order valence-electron chi connectivity index (χ0n) is 6.41. The van der Waals surface area contributed by atoms with Crippen molar-refractivity contribution in [3.8, 4) is 0 Å². The molecule has 0 radical (unpaired) electrons. The lowest BCUT2D eigenvalue weighted by Crippen LogP contribution is -2.13. The summed E-state index contributed by atoms with van der Waals surface area (Å²) < 4.78 is 1.58. The fraction of sp³-hybridized carbons (Fsp3) is 0.571. The van der Waals surface area contributed by atoms with E-state index in [1.54, 1.807) is 17.1 Å². The smallest absolute Gasteiger partial charge is 0.129 e. The molecule has 0 saturated heterocycles. The second-order valence-electron chi connectivity index (χ2n) is 2.50.